The Morgan fingerprint density at radius 2 is 2.05 bits per heavy atom. The minimum Gasteiger partial charge on any atom is -0.477 e. The first-order valence-electron chi connectivity index (χ1n) is 5.26. The zero-order valence-electron chi connectivity index (χ0n) is 9.59. The number of hydrogen-bond donors (Lipinski definition) is 2. The highest BCUT2D eigenvalue weighted by Gasteiger charge is 2.08. The van der Waals surface area contributed by atoms with Gasteiger partial charge in [0.1, 0.15) is 5.82 Å². The number of H-pyrrole nitrogens is 1. The molecule has 0 aliphatic heterocycles. The first-order valence-corrected chi connectivity index (χ1v) is 6.63. The van der Waals surface area contributed by atoms with Crippen LogP contribution < -0.4 is 5.56 Å². The van der Waals surface area contributed by atoms with E-state index in [1.165, 1.54) is 11.8 Å². The Hall–Kier alpha value is -1.79. The quantitative estimate of drug-likeness (QED) is 0.847. The molecule has 98 valence electrons. The Labute approximate surface area is 117 Å². The number of halogens is 1. The van der Waals surface area contributed by atoms with E-state index in [0.29, 0.717) is 16.6 Å². The molecule has 7 heteroatoms. The van der Waals surface area contributed by atoms with Crippen molar-refractivity contribution >= 4 is 29.3 Å². The van der Waals surface area contributed by atoms with Crippen molar-refractivity contribution in [2.75, 3.05) is 0 Å². The molecule has 0 saturated heterocycles. The fraction of sp³-hybridized carbons (Fsp3) is 0.0833. The molecule has 1 aromatic heterocycles. The lowest BCUT2D eigenvalue weighted by Crippen LogP contribution is -2.15. The van der Waals surface area contributed by atoms with Crippen LogP contribution >= 0.6 is 23.4 Å². The molecule has 0 radical (unpaired) electrons. The summed E-state index contributed by atoms with van der Waals surface area (Å²) < 4.78 is 0. The maximum Gasteiger partial charge on any atom is 0.354 e. The van der Waals surface area contributed by atoms with E-state index in [2.05, 4.69) is 9.97 Å². The van der Waals surface area contributed by atoms with Crippen LogP contribution in [0.15, 0.2) is 40.0 Å². The number of hydrogen-bond acceptors (Lipinski definition) is 4. The topological polar surface area (TPSA) is 83.0 Å². The van der Waals surface area contributed by atoms with Gasteiger partial charge in [0.2, 0.25) is 0 Å². The first kappa shape index (κ1) is 13.6. The number of thioether (sulfide) groups is 1. The smallest absolute Gasteiger partial charge is 0.354 e. The fourth-order valence-corrected chi connectivity index (χ4v) is 2.26. The number of aromatic amines is 1. The average Bonchev–Trinajstić information content (AvgIpc) is 2.37. The zero-order chi connectivity index (χ0) is 13.8. The van der Waals surface area contributed by atoms with Crippen molar-refractivity contribution < 1.29 is 9.90 Å². The summed E-state index contributed by atoms with van der Waals surface area (Å²) in [6, 6.07) is 8.15. The third-order valence-corrected chi connectivity index (χ3v) is 3.47. The van der Waals surface area contributed by atoms with Gasteiger partial charge < -0.3 is 10.1 Å². The Kier molecular flexibility index (Phi) is 4.24. The molecule has 0 unspecified atom stereocenters. The molecular weight excluding hydrogens is 288 g/mol. The maximum absolute atomic E-state index is 11.3. The summed E-state index contributed by atoms with van der Waals surface area (Å²) >= 11 is 7.20. The largest absolute Gasteiger partial charge is 0.477 e. The van der Waals surface area contributed by atoms with Gasteiger partial charge in [-0.25, -0.2) is 9.78 Å². The van der Waals surface area contributed by atoms with Crippen LogP contribution in [0.5, 0.6) is 0 Å². The molecule has 2 aromatic rings. The molecule has 0 spiro atoms. The molecule has 0 fully saturated rings. The molecule has 0 aliphatic rings. The lowest BCUT2D eigenvalue weighted by atomic mass is 10.4. The minimum atomic E-state index is -1.22. The summed E-state index contributed by atoms with van der Waals surface area (Å²) in [6.45, 7) is 0. The van der Waals surface area contributed by atoms with Gasteiger partial charge in [0.05, 0.1) is 5.75 Å². The number of carboxylic acid groups (broad SMARTS) is 1. The summed E-state index contributed by atoms with van der Waals surface area (Å²) in [6.07, 6.45) is 0. The molecule has 0 atom stereocenters. The van der Waals surface area contributed by atoms with Gasteiger partial charge in [-0.15, -0.1) is 11.8 Å². The van der Waals surface area contributed by atoms with E-state index in [4.69, 9.17) is 16.7 Å². The monoisotopic (exact) mass is 296 g/mol. The number of carbonyl (C=O) groups is 1. The third kappa shape index (κ3) is 3.84. The summed E-state index contributed by atoms with van der Waals surface area (Å²) in [4.78, 5) is 29.4. The van der Waals surface area contributed by atoms with Gasteiger partial charge in [0.25, 0.3) is 5.56 Å². The molecule has 0 aliphatic carbocycles. The summed E-state index contributed by atoms with van der Waals surface area (Å²) in [5, 5.41) is 9.46. The van der Waals surface area contributed by atoms with E-state index in [0.717, 1.165) is 11.0 Å². The van der Waals surface area contributed by atoms with Crippen LogP contribution in [0.2, 0.25) is 5.02 Å². The lowest BCUT2D eigenvalue weighted by Gasteiger charge is -2.02. The number of aromatic carboxylic acids is 1. The van der Waals surface area contributed by atoms with E-state index < -0.39 is 11.5 Å². The maximum atomic E-state index is 11.3. The number of benzene rings is 1. The van der Waals surface area contributed by atoms with Crippen molar-refractivity contribution in [3.05, 3.63) is 57.2 Å². The molecule has 5 nitrogen and oxygen atoms in total. The zero-order valence-corrected chi connectivity index (χ0v) is 11.2. The minimum absolute atomic E-state index is 0.254. The Morgan fingerprint density at radius 1 is 1.37 bits per heavy atom. The van der Waals surface area contributed by atoms with Gasteiger partial charge in [-0.1, -0.05) is 11.6 Å². The van der Waals surface area contributed by atoms with Gasteiger partial charge in [0.15, 0.2) is 5.69 Å². The number of nitrogens with one attached hydrogen (secondary N) is 1. The van der Waals surface area contributed by atoms with Crippen molar-refractivity contribution in [3.63, 3.8) is 0 Å². The van der Waals surface area contributed by atoms with Gasteiger partial charge in [-0.2, -0.15) is 0 Å². The second kappa shape index (κ2) is 5.90. The van der Waals surface area contributed by atoms with Crippen molar-refractivity contribution in [1.82, 2.24) is 9.97 Å². The van der Waals surface area contributed by atoms with Crippen LogP contribution in [0.4, 0.5) is 0 Å². The molecule has 19 heavy (non-hydrogen) atoms. The number of nitrogens with zero attached hydrogens (tertiary/aromatic N) is 1. The normalized spacial score (nSPS) is 10.4. The van der Waals surface area contributed by atoms with Crippen LogP contribution in [0.25, 0.3) is 0 Å². The standard InChI is InChI=1S/C12H9ClN2O3S/c13-7-1-3-8(4-2-7)19-6-10-14-9(12(17)18)5-11(16)15-10/h1-5H,6H2,(H,17,18)(H,14,15,16). The van der Waals surface area contributed by atoms with Gasteiger partial charge in [-0.3, -0.25) is 4.79 Å². The van der Waals surface area contributed by atoms with Crippen LogP contribution in [0.1, 0.15) is 16.3 Å². The second-order valence-corrected chi connectivity index (χ2v) is 5.11. The molecule has 2 N–H and O–H groups in total. The molecule has 0 saturated carbocycles. The van der Waals surface area contributed by atoms with E-state index in [1.807, 2.05) is 12.1 Å². The van der Waals surface area contributed by atoms with Crippen molar-refractivity contribution in [2.24, 2.45) is 0 Å². The number of carboxylic acids is 1. The molecule has 1 heterocycles. The fourth-order valence-electron chi connectivity index (χ4n) is 1.37. The van der Waals surface area contributed by atoms with Crippen molar-refractivity contribution in [3.8, 4) is 0 Å². The van der Waals surface area contributed by atoms with Crippen molar-refractivity contribution in [1.29, 1.82) is 0 Å². The highest BCUT2D eigenvalue weighted by molar-refractivity contribution is 7.98. The van der Waals surface area contributed by atoms with Crippen LogP contribution in [-0.2, 0) is 5.75 Å². The first-order chi connectivity index (χ1) is 9.04. The molecule has 0 bridgehead atoms. The predicted octanol–water partition coefficient (Wildman–Crippen LogP) is 2.41. The van der Waals surface area contributed by atoms with E-state index in [1.54, 1.807) is 12.1 Å². The molecular formula is C12H9ClN2O3S. The SMILES string of the molecule is O=C(O)c1cc(=O)[nH]c(CSc2ccc(Cl)cc2)n1. The third-order valence-electron chi connectivity index (χ3n) is 2.20. The van der Waals surface area contributed by atoms with Crippen LogP contribution in [0, 0.1) is 0 Å². The van der Waals surface area contributed by atoms with E-state index in [9.17, 15) is 9.59 Å². The number of rotatable bonds is 4. The predicted molar refractivity (Wildman–Crippen MR) is 72.8 cm³/mol. The second-order valence-electron chi connectivity index (χ2n) is 3.63. The highest BCUT2D eigenvalue weighted by Crippen LogP contribution is 2.22. The van der Waals surface area contributed by atoms with Gasteiger partial charge in [-0.05, 0) is 24.3 Å². The van der Waals surface area contributed by atoms with E-state index >= 15 is 0 Å². The van der Waals surface area contributed by atoms with Crippen LogP contribution in [-0.4, -0.2) is 21.0 Å². The molecule has 1 aromatic carbocycles. The van der Waals surface area contributed by atoms with Crippen LogP contribution in [0.3, 0.4) is 0 Å². The Bertz CT molecular complexity index is 655. The number of aromatic nitrogens is 2. The van der Waals surface area contributed by atoms with Crippen molar-refractivity contribution in [2.45, 2.75) is 10.6 Å². The summed E-state index contributed by atoms with van der Waals surface area (Å²) in [7, 11) is 0. The van der Waals surface area contributed by atoms with Gasteiger partial charge >= 0.3 is 5.97 Å². The lowest BCUT2D eigenvalue weighted by molar-refractivity contribution is 0.0689. The summed E-state index contributed by atoms with van der Waals surface area (Å²) in [5.74, 6) is -0.522. The Morgan fingerprint density at radius 3 is 2.68 bits per heavy atom. The van der Waals surface area contributed by atoms with E-state index in [-0.39, 0.29) is 5.69 Å². The summed E-state index contributed by atoms with van der Waals surface area (Å²) in [5.41, 5.74) is -0.727. The van der Waals surface area contributed by atoms with Gasteiger partial charge in [0, 0.05) is 16.0 Å². The molecule has 2 rings (SSSR count). The molecule has 0 amide bonds. The average molecular weight is 297 g/mol. The Balaban J connectivity index is 2.13. The highest BCUT2D eigenvalue weighted by atomic mass is 35.5.